The van der Waals surface area contributed by atoms with Crippen LogP contribution in [0, 0.1) is 11.6 Å². The Hall–Kier alpha value is -1.72. The van der Waals surface area contributed by atoms with Gasteiger partial charge >= 0.3 is 6.08 Å². The van der Waals surface area contributed by atoms with Crippen molar-refractivity contribution in [3.8, 4) is 11.5 Å². The van der Waals surface area contributed by atoms with Gasteiger partial charge in [-0.2, -0.15) is 8.78 Å². The molecule has 0 saturated carbocycles. The molecule has 14 heavy (non-hydrogen) atoms. The van der Waals surface area contributed by atoms with E-state index >= 15 is 0 Å². The van der Waals surface area contributed by atoms with Gasteiger partial charge in [0.1, 0.15) is 5.75 Å². The molecule has 1 aromatic carbocycles. The summed E-state index contributed by atoms with van der Waals surface area (Å²) in [5, 5.41) is 8.70. The first-order valence-corrected chi connectivity index (χ1v) is 3.36. The monoisotopic (exact) mass is 208 g/mol. The molecule has 0 saturated heterocycles. The lowest BCUT2D eigenvalue weighted by Crippen LogP contribution is -1.91. The van der Waals surface area contributed by atoms with E-state index in [1.807, 2.05) is 0 Å². The van der Waals surface area contributed by atoms with Crippen molar-refractivity contribution in [1.82, 2.24) is 0 Å². The van der Waals surface area contributed by atoms with Crippen LogP contribution in [0.25, 0.3) is 0 Å². The van der Waals surface area contributed by atoms with Crippen molar-refractivity contribution in [2.45, 2.75) is 0 Å². The second-order valence-corrected chi connectivity index (χ2v) is 2.26. The van der Waals surface area contributed by atoms with Gasteiger partial charge in [-0.3, -0.25) is 0 Å². The maximum Gasteiger partial charge on any atom is 0.305 e. The van der Waals surface area contributed by atoms with Crippen LogP contribution in [0.5, 0.6) is 11.5 Å². The topological polar surface area (TPSA) is 29.5 Å². The van der Waals surface area contributed by atoms with Crippen LogP contribution in [-0.4, -0.2) is 5.11 Å². The van der Waals surface area contributed by atoms with Crippen LogP contribution in [-0.2, 0) is 0 Å². The molecule has 0 amide bonds. The van der Waals surface area contributed by atoms with Crippen molar-refractivity contribution >= 4 is 0 Å². The summed E-state index contributed by atoms with van der Waals surface area (Å²) in [5.74, 6) is -4.17. The summed E-state index contributed by atoms with van der Waals surface area (Å²) in [6.07, 6.45) is -2.32. The summed E-state index contributed by atoms with van der Waals surface area (Å²) in [5.41, 5.74) is 0. The van der Waals surface area contributed by atoms with Crippen molar-refractivity contribution < 1.29 is 27.4 Å². The number of rotatable bonds is 2. The van der Waals surface area contributed by atoms with Crippen molar-refractivity contribution in [2.24, 2.45) is 0 Å². The Bertz CT molecular complexity index is 349. The molecule has 1 N–H and O–H groups in total. The molecule has 0 heterocycles. The molecule has 0 radical (unpaired) electrons. The van der Waals surface area contributed by atoms with E-state index in [9.17, 15) is 17.6 Å². The fourth-order valence-corrected chi connectivity index (χ4v) is 0.763. The van der Waals surface area contributed by atoms with Crippen LogP contribution in [0.1, 0.15) is 0 Å². The van der Waals surface area contributed by atoms with Gasteiger partial charge in [-0.1, -0.05) is 0 Å². The highest BCUT2D eigenvalue weighted by Gasteiger charge is 2.12. The number of hydrogen-bond donors (Lipinski definition) is 1. The Labute approximate surface area is 76.0 Å². The maximum absolute atomic E-state index is 12.8. The van der Waals surface area contributed by atoms with E-state index in [0.717, 1.165) is 0 Å². The fraction of sp³-hybridized carbons (Fsp3) is 0. The van der Waals surface area contributed by atoms with Crippen molar-refractivity contribution in [2.75, 3.05) is 0 Å². The first-order valence-electron chi connectivity index (χ1n) is 3.36. The van der Waals surface area contributed by atoms with Crippen LogP contribution in [0.2, 0.25) is 0 Å². The molecule has 2 nitrogen and oxygen atoms in total. The van der Waals surface area contributed by atoms with Gasteiger partial charge in [-0.15, -0.1) is 0 Å². The number of ether oxygens (including phenoxy) is 1. The molecule has 0 aromatic heterocycles. The Morgan fingerprint density at radius 2 is 1.71 bits per heavy atom. The predicted molar refractivity (Wildman–Crippen MR) is 38.9 cm³/mol. The number of benzene rings is 1. The number of hydrogen-bond acceptors (Lipinski definition) is 2. The van der Waals surface area contributed by atoms with Crippen molar-refractivity contribution in [3.05, 3.63) is 36.1 Å². The Kier molecular flexibility index (Phi) is 2.95. The third-order valence-corrected chi connectivity index (χ3v) is 1.25. The lowest BCUT2D eigenvalue weighted by Gasteiger charge is -2.03. The molecule has 0 bridgehead atoms. The van der Waals surface area contributed by atoms with E-state index in [0.29, 0.717) is 12.1 Å². The van der Waals surface area contributed by atoms with E-state index in [4.69, 9.17) is 5.11 Å². The first-order chi connectivity index (χ1) is 6.50. The fourth-order valence-electron chi connectivity index (χ4n) is 0.763. The summed E-state index contributed by atoms with van der Waals surface area (Å²) in [6.45, 7) is 0. The molecule has 0 fully saturated rings. The predicted octanol–water partition coefficient (Wildman–Crippen LogP) is 2.79. The molecule has 0 aliphatic rings. The quantitative estimate of drug-likeness (QED) is 0.598. The molecule has 1 aromatic rings. The third-order valence-electron chi connectivity index (χ3n) is 1.25. The van der Waals surface area contributed by atoms with Gasteiger partial charge in [0.25, 0.3) is 0 Å². The normalized spacial score (nSPS) is 9.71. The van der Waals surface area contributed by atoms with Gasteiger partial charge in [0, 0.05) is 12.1 Å². The van der Waals surface area contributed by atoms with Crippen LogP contribution < -0.4 is 4.74 Å². The van der Waals surface area contributed by atoms with Crippen LogP contribution >= 0.6 is 0 Å². The number of aromatic hydroxyl groups is 1. The molecule has 76 valence electrons. The van der Waals surface area contributed by atoms with Crippen LogP contribution in [0.15, 0.2) is 24.5 Å². The lowest BCUT2D eigenvalue weighted by molar-refractivity contribution is 0.342. The molecular weight excluding hydrogens is 204 g/mol. The molecule has 0 unspecified atom stereocenters. The van der Waals surface area contributed by atoms with E-state index in [-0.39, 0.29) is 6.26 Å². The number of phenols is 1. The summed E-state index contributed by atoms with van der Waals surface area (Å²) in [4.78, 5) is 0. The summed E-state index contributed by atoms with van der Waals surface area (Å²) in [6, 6.07) is 1.09. The highest BCUT2D eigenvalue weighted by Crippen LogP contribution is 2.26. The Morgan fingerprint density at radius 3 is 2.14 bits per heavy atom. The standard InChI is InChI=1S/C8H4F4O2/c9-5-1-4(13)2-6(10)8(5)14-3-7(11)12/h1-3,13H. The highest BCUT2D eigenvalue weighted by molar-refractivity contribution is 5.34. The zero-order chi connectivity index (χ0) is 10.7. The van der Waals surface area contributed by atoms with Crippen molar-refractivity contribution in [1.29, 1.82) is 0 Å². The average Bonchev–Trinajstić information content (AvgIpc) is 2.01. The molecule has 0 spiro atoms. The van der Waals surface area contributed by atoms with E-state index in [1.165, 1.54) is 0 Å². The molecule has 0 aliphatic carbocycles. The molecule has 1 rings (SSSR count). The Balaban J connectivity index is 3.03. The first kappa shape index (κ1) is 10.4. The molecule has 0 aliphatic heterocycles. The minimum atomic E-state index is -2.23. The zero-order valence-electron chi connectivity index (χ0n) is 6.60. The highest BCUT2D eigenvalue weighted by atomic mass is 19.3. The van der Waals surface area contributed by atoms with Gasteiger partial charge in [-0.25, -0.2) is 8.78 Å². The van der Waals surface area contributed by atoms with Gasteiger partial charge in [-0.05, 0) is 0 Å². The maximum atomic E-state index is 12.8. The van der Waals surface area contributed by atoms with E-state index in [2.05, 4.69) is 4.74 Å². The minimum absolute atomic E-state index is 0.0987. The minimum Gasteiger partial charge on any atom is -0.508 e. The van der Waals surface area contributed by atoms with Crippen molar-refractivity contribution in [3.63, 3.8) is 0 Å². The zero-order valence-corrected chi connectivity index (χ0v) is 6.60. The Morgan fingerprint density at radius 1 is 1.21 bits per heavy atom. The summed E-state index contributed by atoms with van der Waals surface area (Å²) < 4.78 is 52.5. The number of halogens is 4. The summed E-state index contributed by atoms with van der Waals surface area (Å²) in [7, 11) is 0. The average molecular weight is 208 g/mol. The summed E-state index contributed by atoms with van der Waals surface area (Å²) >= 11 is 0. The second kappa shape index (κ2) is 3.99. The lowest BCUT2D eigenvalue weighted by atomic mass is 10.3. The van der Waals surface area contributed by atoms with Crippen LogP contribution in [0.3, 0.4) is 0 Å². The largest absolute Gasteiger partial charge is 0.508 e. The SMILES string of the molecule is Oc1cc(F)c(OC=C(F)F)c(F)c1. The van der Waals surface area contributed by atoms with Crippen LogP contribution in [0.4, 0.5) is 17.6 Å². The molecular formula is C8H4F4O2. The van der Waals surface area contributed by atoms with Gasteiger partial charge in [0.2, 0.25) is 0 Å². The van der Waals surface area contributed by atoms with E-state index < -0.39 is 29.2 Å². The third kappa shape index (κ3) is 2.38. The second-order valence-electron chi connectivity index (χ2n) is 2.26. The van der Waals surface area contributed by atoms with Gasteiger partial charge in [0.15, 0.2) is 23.6 Å². The number of phenolic OH excluding ortho intramolecular Hbond substituents is 1. The smallest absolute Gasteiger partial charge is 0.305 e. The van der Waals surface area contributed by atoms with E-state index in [1.54, 1.807) is 0 Å². The molecule has 0 atom stereocenters. The molecule has 6 heteroatoms. The van der Waals surface area contributed by atoms with Gasteiger partial charge < -0.3 is 9.84 Å². The van der Waals surface area contributed by atoms with Gasteiger partial charge in [0.05, 0.1) is 0 Å².